The van der Waals surface area contributed by atoms with E-state index in [1.165, 1.54) is 140 Å². The van der Waals surface area contributed by atoms with Crippen molar-refractivity contribution in [2.45, 2.75) is 168 Å². The maximum atomic E-state index is 12.8. The lowest BCUT2D eigenvalue weighted by Crippen LogP contribution is -2.08. The molecule has 3 heteroatoms. The number of benzene rings is 3. The van der Waals surface area contributed by atoms with Crippen molar-refractivity contribution in [2.24, 2.45) is 0 Å². The zero-order valence-electron chi connectivity index (χ0n) is 31.5. The molecule has 0 radical (unpaired) electrons. The average Bonchev–Trinajstić information content (AvgIpc) is 3.13. The highest BCUT2D eigenvalue weighted by atomic mass is 16.5. The summed E-state index contributed by atoms with van der Waals surface area (Å²) < 4.78 is 11.7. The van der Waals surface area contributed by atoms with Gasteiger partial charge in [-0.1, -0.05) is 184 Å². The van der Waals surface area contributed by atoms with Crippen molar-refractivity contribution in [3.63, 3.8) is 0 Å². The fraction of sp³-hybridized carbons (Fsp3) is 0.587. The Morgan fingerprint density at radius 2 is 0.939 bits per heavy atom. The van der Waals surface area contributed by atoms with Crippen molar-refractivity contribution >= 4 is 5.97 Å². The topological polar surface area (TPSA) is 35.5 Å². The summed E-state index contributed by atoms with van der Waals surface area (Å²) in [6.45, 7) is 7.42. The molecule has 0 saturated heterocycles. The Labute approximate surface area is 300 Å². The number of hydrogen-bond acceptors (Lipinski definition) is 3. The highest BCUT2D eigenvalue weighted by Crippen LogP contribution is 2.24. The van der Waals surface area contributed by atoms with Crippen molar-refractivity contribution in [3.8, 4) is 16.9 Å². The van der Waals surface area contributed by atoms with Crippen molar-refractivity contribution in [1.82, 2.24) is 0 Å². The van der Waals surface area contributed by atoms with Crippen LogP contribution in [0.4, 0.5) is 0 Å². The predicted octanol–water partition coefficient (Wildman–Crippen LogP) is 14.4. The molecule has 0 spiro atoms. The SMILES string of the molecule is CCCCCCCCCCCCCCCc1ccc(-c2ccc(C(=O)Oc3ccc(C(C)OCCCCCCCCCC)cc3)cc2)cc1. The van der Waals surface area contributed by atoms with Crippen molar-refractivity contribution in [1.29, 1.82) is 0 Å². The van der Waals surface area contributed by atoms with Crippen LogP contribution in [-0.4, -0.2) is 12.6 Å². The average molecular weight is 669 g/mol. The molecule has 3 nitrogen and oxygen atoms in total. The van der Waals surface area contributed by atoms with Crippen molar-refractivity contribution in [3.05, 3.63) is 89.5 Å². The Bertz CT molecular complexity index is 1230. The summed E-state index contributed by atoms with van der Waals surface area (Å²) in [4.78, 5) is 12.8. The third-order valence-electron chi connectivity index (χ3n) is 9.90. The Morgan fingerprint density at radius 3 is 1.43 bits per heavy atom. The van der Waals surface area contributed by atoms with E-state index in [1.54, 1.807) is 0 Å². The van der Waals surface area contributed by atoms with E-state index in [0.29, 0.717) is 11.3 Å². The van der Waals surface area contributed by atoms with Crippen LogP contribution < -0.4 is 4.74 Å². The zero-order chi connectivity index (χ0) is 34.8. The Balaban J connectivity index is 1.29. The number of esters is 1. The summed E-state index contributed by atoms with van der Waals surface area (Å²) in [7, 11) is 0. The highest BCUT2D eigenvalue weighted by molar-refractivity contribution is 5.91. The summed E-state index contributed by atoms with van der Waals surface area (Å²) in [5.41, 5.74) is 5.33. The number of carbonyl (C=O) groups is 1. The highest BCUT2D eigenvalue weighted by Gasteiger charge is 2.11. The van der Waals surface area contributed by atoms with Crippen LogP contribution in [0.3, 0.4) is 0 Å². The standard InChI is InChI=1S/C46H68O3/c1-4-6-8-10-12-14-15-16-17-18-19-21-23-25-40-26-28-42(29-27-40)43-30-32-44(33-31-43)46(47)49-45-36-34-41(35-37-45)39(3)48-38-24-22-20-13-11-9-7-5-2/h26-37,39H,4-25,38H2,1-3H3. The van der Waals surface area contributed by atoms with Gasteiger partial charge in [0.1, 0.15) is 5.75 Å². The van der Waals surface area contributed by atoms with Gasteiger partial charge in [-0.15, -0.1) is 0 Å². The quantitative estimate of drug-likeness (QED) is 0.0439. The molecule has 3 rings (SSSR count). The molecular formula is C46H68O3. The first kappa shape index (κ1) is 40.5. The molecule has 0 N–H and O–H groups in total. The summed E-state index contributed by atoms with van der Waals surface area (Å²) in [6, 6.07) is 24.3. The lowest BCUT2D eigenvalue weighted by Gasteiger charge is -2.14. The lowest BCUT2D eigenvalue weighted by molar-refractivity contribution is 0.0627. The van der Waals surface area contributed by atoms with Gasteiger partial charge < -0.3 is 9.47 Å². The molecule has 0 aliphatic rings. The number of unbranched alkanes of at least 4 members (excludes halogenated alkanes) is 19. The molecule has 1 unspecified atom stereocenters. The molecule has 49 heavy (non-hydrogen) atoms. The fourth-order valence-electron chi connectivity index (χ4n) is 6.57. The number of rotatable bonds is 28. The van der Waals surface area contributed by atoms with E-state index in [2.05, 4.69) is 45.0 Å². The Hall–Kier alpha value is -2.91. The van der Waals surface area contributed by atoms with E-state index in [-0.39, 0.29) is 12.1 Å². The normalized spacial score (nSPS) is 11.9. The van der Waals surface area contributed by atoms with Gasteiger partial charge in [0.25, 0.3) is 0 Å². The van der Waals surface area contributed by atoms with E-state index < -0.39 is 0 Å². The second-order valence-corrected chi connectivity index (χ2v) is 14.2. The van der Waals surface area contributed by atoms with Gasteiger partial charge in [0, 0.05) is 6.61 Å². The van der Waals surface area contributed by atoms with Gasteiger partial charge in [0.15, 0.2) is 0 Å². The van der Waals surface area contributed by atoms with Crippen LogP contribution in [0.5, 0.6) is 5.75 Å². The molecule has 1 atom stereocenters. The second kappa shape index (κ2) is 26.0. The fourth-order valence-corrected chi connectivity index (χ4v) is 6.57. The van der Waals surface area contributed by atoms with Gasteiger partial charge in [-0.2, -0.15) is 0 Å². The van der Waals surface area contributed by atoms with Crippen molar-refractivity contribution in [2.75, 3.05) is 6.61 Å². The van der Waals surface area contributed by atoms with E-state index in [0.717, 1.165) is 30.6 Å². The van der Waals surface area contributed by atoms with Crippen LogP contribution in [-0.2, 0) is 11.2 Å². The van der Waals surface area contributed by atoms with Crippen LogP contribution in [0.1, 0.15) is 183 Å². The maximum absolute atomic E-state index is 12.8. The molecule has 3 aromatic carbocycles. The first-order chi connectivity index (χ1) is 24.1. The Morgan fingerprint density at radius 1 is 0.510 bits per heavy atom. The van der Waals surface area contributed by atoms with Gasteiger partial charge in [0.2, 0.25) is 0 Å². The molecule has 0 aliphatic carbocycles. The van der Waals surface area contributed by atoms with Crippen LogP contribution in [0.2, 0.25) is 0 Å². The first-order valence-electron chi connectivity index (χ1n) is 20.2. The van der Waals surface area contributed by atoms with Crippen LogP contribution in [0, 0.1) is 0 Å². The molecule has 0 aromatic heterocycles. The monoisotopic (exact) mass is 669 g/mol. The number of ether oxygens (including phenoxy) is 2. The van der Waals surface area contributed by atoms with E-state index in [4.69, 9.17) is 9.47 Å². The largest absolute Gasteiger partial charge is 0.423 e. The summed E-state index contributed by atoms with van der Waals surface area (Å²) in [5, 5.41) is 0. The molecule has 0 heterocycles. The minimum atomic E-state index is -0.341. The van der Waals surface area contributed by atoms with E-state index in [1.807, 2.05) is 48.5 Å². The number of hydrogen-bond donors (Lipinski definition) is 0. The Kier molecular flexibility index (Phi) is 21.5. The summed E-state index contributed by atoms with van der Waals surface area (Å²) >= 11 is 0. The van der Waals surface area contributed by atoms with Gasteiger partial charge >= 0.3 is 5.97 Å². The smallest absolute Gasteiger partial charge is 0.343 e. The third-order valence-corrected chi connectivity index (χ3v) is 9.90. The second-order valence-electron chi connectivity index (χ2n) is 14.2. The predicted molar refractivity (Wildman–Crippen MR) is 210 cm³/mol. The molecule has 0 amide bonds. The van der Waals surface area contributed by atoms with E-state index in [9.17, 15) is 4.79 Å². The first-order valence-corrected chi connectivity index (χ1v) is 20.2. The summed E-state index contributed by atoms with van der Waals surface area (Å²) in [6.07, 6.45) is 29.6. The van der Waals surface area contributed by atoms with Gasteiger partial charge in [-0.25, -0.2) is 4.79 Å². The molecule has 270 valence electrons. The number of carbonyl (C=O) groups excluding carboxylic acids is 1. The van der Waals surface area contributed by atoms with Gasteiger partial charge in [0.05, 0.1) is 11.7 Å². The van der Waals surface area contributed by atoms with Crippen LogP contribution in [0.25, 0.3) is 11.1 Å². The van der Waals surface area contributed by atoms with Gasteiger partial charge in [-0.3, -0.25) is 0 Å². The molecule has 0 fully saturated rings. The van der Waals surface area contributed by atoms with Crippen LogP contribution >= 0.6 is 0 Å². The minimum Gasteiger partial charge on any atom is -0.423 e. The minimum absolute atomic E-state index is 0.0233. The van der Waals surface area contributed by atoms with Crippen LogP contribution in [0.15, 0.2) is 72.8 Å². The third kappa shape index (κ3) is 17.5. The maximum Gasteiger partial charge on any atom is 0.343 e. The molecule has 3 aromatic rings. The zero-order valence-corrected chi connectivity index (χ0v) is 31.5. The number of aryl methyl sites for hydroxylation is 1. The summed E-state index contributed by atoms with van der Waals surface area (Å²) in [5.74, 6) is 0.207. The van der Waals surface area contributed by atoms with E-state index >= 15 is 0 Å². The molecular weight excluding hydrogens is 601 g/mol. The molecule has 0 bridgehead atoms. The molecule has 0 aliphatic heterocycles. The lowest BCUT2D eigenvalue weighted by atomic mass is 10.00. The molecule has 0 saturated carbocycles. The van der Waals surface area contributed by atoms with Gasteiger partial charge in [-0.05, 0) is 72.7 Å². The van der Waals surface area contributed by atoms with Crippen molar-refractivity contribution < 1.29 is 14.3 Å².